The van der Waals surface area contributed by atoms with Crippen molar-refractivity contribution < 1.29 is 19.7 Å². The number of nitrogens with one attached hydrogen (secondary N) is 1. The molecule has 14 heavy (non-hydrogen) atoms. The van der Waals surface area contributed by atoms with Gasteiger partial charge in [-0.15, -0.1) is 0 Å². The monoisotopic (exact) mass is 203 g/mol. The van der Waals surface area contributed by atoms with Crippen molar-refractivity contribution in [3.63, 3.8) is 0 Å². The van der Waals surface area contributed by atoms with Crippen molar-refractivity contribution in [3.8, 4) is 0 Å². The van der Waals surface area contributed by atoms with E-state index in [1.54, 1.807) is 6.92 Å². The highest BCUT2D eigenvalue weighted by Crippen LogP contribution is 1.95. The van der Waals surface area contributed by atoms with Crippen molar-refractivity contribution in [1.82, 2.24) is 5.32 Å². The number of carbonyl (C=O) groups is 1. The van der Waals surface area contributed by atoms with Crippen LogP contribution in [0.4, 0.5) is 0 Å². The van der Waals surface area contributed by atoms with Crippen molar-refractivity contribution >= 4 is 5.97 Å². The third-order valence-electron chi connectivity index (χ3n) is 1.50. The lowest BCUT2D eigenvalue weighted by Crippen LogP contribution is -2.46. The second-order valence-corrected chi connectivity index (χ2v) is 3.27. The van der Waals surface area contributed by atoms with E-state index in [2.05, 4.69) is 11.9 Å². The van der Waals surface area contributed by atoms with Gasteiger partial charge in [-0.3, -0.25) is 5.32 Å². The summed E-state index contributed by atoms with van der Waals surface area (Å²) in [5, 5.41) is 20.5. The van der Waals surface area contributed by atoms with Crippen molar-refractivity contribution in [3.05, 3.63) is 12.2 Å². The van der Waals surface area contributed by atoms with E-state index in [0.29, 0.717) is 5.57 Å². The summed E-state index contributed by atoms with van der Waals surface area (Å²) in [6, 6.07) is 0. The van der Waals surface area contributed by atoms with Crippen LogP contribution in [-0.4, -0.2) is 41.7 Å². The Morgan fingerprint density at radius 2 is 2.21 bits per heavy atom. The number of rotatable bonds is 6. The molecular weight excluding hydrogens is 186 g/mol. The Balaban J connectivity index is 3.57. The molecule has 0 aromatic heterocycles. The predicted octanol–water partition coefficient (Wildman–Crippen LogP) is -0.604. The maximum Gasteiger partial charge on any atom is 0.333 e. The fourth-order valence-electron chi connectivity index (χ4n) is 0.643. The number of aliphatic hydroxyl groups excluding tert-OH is 1. The smallest absolute Gasteiger partial charge is 0.333 e. The van der Waals surface area contributed by atoms with E-state index < -0.39 is 18.3 Å². The maximum absolute atomic E-state index is 10.9. The molecule has 0 aliphatic rings. The second-order valence-electron chi connectivity index (χ2n) is 3.27. The van der Waals surface area contributed by atoms with Crippen molar-refractivity contribution in [2.75, 3.05) is 19.8 Å². The Morgan fingerprint density at radius 3 is 2.64 bits per heavy atom. The largest absolute Gasteiger partial charge is 0.461 e. The van der Waals surface area contributed by atoms with Gasteiger partial charge < -0.3 is 14.9 Å². The van der Waals surface area contributed by atoms with Crippen LogP contribution >= 0.6 is 0 Å². The first-order valence-corrected chi connectivity index (χ1v) is 4.30. The van der Waals surface area contributed by atoms with E-state index in [1.165, 1.54) is 6.92 Å². The standard InChI is InChI=1S/C9H17NO4/c1-7(2)8(12)14-5-4-10-9(3,13)6-11/h10-11,13H,1,4-6H2,2-3H3. The van der Waals surface area contributed by atoms with Crippen LogP contribution in [0.2, 0.25) is 0 Å². The van der Waals surface area contributed by atoms with Crippen LogP contribution in [0.15, 0.2) is 12.2 Å². The highest BCUT2D eigenvalue weighted by molar-refractivity contribution is 5.86. The molecule has 0 fully saturated rings. The zero-order valence-electron chi connectivity index (χ0n) is 8.54. The zero-order valence-corrected chi connectivity index (χ0v) is 8.54. The molecule has 0 bridgehead atoms. The molecule has 1 atom stereocenters. The van der Waals surface area contributed by atoms with Crippen LogP contribution in [-0.2, 0) is 9.53 Å². The molecule has 5 nitrogen and oxygen atoms in total. The molecular formula is C9H17NO4. The van der Waals surface area contributed by atoms with Gasteiger partial charge in [0.1, 0.15) is 12.3 Å². The molecule has 0 aliphatic heterocycles. The Kier molecular flexibility index (Phi) is 5.37. The van der Waals surface area contributed by atoms with Crippen molar-refractivity contribution in [2.45, 2.75) is 19.6 Å². The fraction of sp³-hybridized carbons (Fsp3) is 0.667. The first-order valence-electron chi connectivity index (χ1n) is 4.30. The van der Waals surface area contributed by atoms with E-state index >= 15 is 0 Å². The number of esters is 1. The Bertz CT molecular complexity index is 213. The van der Waals surface area contributed by atoms with Gasteiger partial charge in [-0.25, -0.2) is 4.79 Å². The van der Waals surface area contributed by atoms with Crippen LogP contribution in [0.25, 0.3) is 0 Å². The number of hydrogen-bond acceptors (Lipinski definition) is 5. The molecule has 0 rings (SSSR count). The van der Waals surface area contributed by atoms with Gasteiger partial charge in [0, 0.05) is 12.1 Å². The van der Waals surface area contributed by atoms with Crippen LogP contribution in [0, 0.1) is 0 Å². The summed E-state index contributed by atoms with van der Waals surface area (Å²) in [7, 11) is 0. The van der Waals surface area contributed by atoms with Crippen LogP contribution in [0.1, 0.15) is 13.8 Å². The summed E-state index contributed by atoms with van der Waals surface area (Å²) in [6.45, 7) is 6.39. The lowest BCUT2D eigenvalue weighted by atomic mass is 10.3. The Hall–Kier alpha value is -0.910. The van der Waals surface area contributed by atoms with Crippen LogP contribution in [0.3, 0.4) is 0 Å². The molecule has 0 spiro atoms. The summed E-state index contributed by atoms with van der Waals surface area (Å²) < 4.78 is 4.75. The molecule has 0 aliphatic carbocycles. The third-order valence-corrected chi connectivity index (χ3v) is 1.50. The molecule has 0 saturated heterocycles. The van der Waals surface area contributed by atoms with Gasteiger partial charge in [-0.1, -0.05) is 6.58 Å². The van der Waals surface area contributed by atoms with E-state index in [1.807, 2.05) is 0 Å². The average Bonchev–Trinajstić information content (AvgIpc) is 2.12. The van der Waals surface area contributed by atoms with E-state index in [0.717, 1.165) is 0 Å². The number of carbonyl (C=O) groups excluding carboxylic acids is 1. The summed E-state index contributed by atoms with van der Waals surface area (Å²) in [5.41, 5.74) is -1.01. The highest BCUT2D eigenvalue weighted by atomic mass is 16.5. The molecule has 0 saturated carbocycles. The zero-order chi connectivity index (χ0) is 11.2. The maximum atomic E-state index is 10.9. The fourth-order valence-corrected chi connectivity index (χ4v) is 0.643. The summed E-state index contributed by atoms with van der Waals surface area (Å²) in [6.07, 6.45) is 0. The normalized spacial score (nSPS) is 14.6. The minimum Gasteiger partial charge on any atom is -0.461 e. The number of hydrogen-bond donors (Lipinski definition) is 3. The van der Waals surface area contributed by atoms with E-state index in [9.17, 15) is 9.90 Å². The molecule has 0 aromatic carbocycles. The van der Waals surface area contributed by atoms with E-state index in [4.69, 9.17) is 9.84 Å². The highest BCUT2D eigenvalue weighted by Gasteiger charge is 2.17. The minimum absolute atomic E-state index is 0.127. The summed E-state index contributed by atoms with van der Waals surface area (Å²) in [4.78, 5) is 10.9. The van der Waals surface area contributed by atoms with Crippen molar-refractivity contribution in [2.24, 2.45) is 0 Å². The van der Waals surface area contributed by atoms with Gasteiger partial charge in [-0.2, -0.15) is 0 Å². The molecule has 0 aromatic rings. The number of ether oxygens (including phenoxy) is 1. The van der Waals surface area contributed by atoms with Gasteiger partial charge in [0.25, 0.3) is 0 Å². The molecule has 0 heterocycles. The van der Waals surface area contributed by atoms with Gasteiger partial charge in [-0.05, 0) is 13.8 Å². The molecule has 0 radical (unpaired) electrons. The minimum atomic E-state index is -1.34. The Morgan fingerprint density at radius 1 is 1.64 bits per heavy atom. The van der Waals surface area contributed by atoms with Gasteiger partial charge in [0.05, 0.1) is 6.61 Å². The van der Waals surface area contributed by atoms with Gasteiger partial charge >= 0.3 is 5.97 Å². The van der Waals surface area contributed by atoms with E-state index in [-0.39, 0.29) is 13.2 Å². The van der Waals surface area contributed by atoms with Crippen molar-refractivity contribution in [1.29, 1.82) is 0 Å². The first-order chi connectivity index (χ1) is 6.39. The first kappa shape index (κ1) is 13.1. The molecule has 3 N–H and O–H groups in total. The SMILES string of the molecule is C=C(C)C(=O)OCCNC(C)(O)CO. The Labute approximate surface area is 83.4 Å². The lowest BCUT2D eigenvalue weighted by Gasteiger charge is -2.21. The summed E-state index contributed by atoms with van der Waals surface area (Å²) in [5.74, 6) is -0.463. The van der Waals surface area contributed by atoms with Crippen LogP contribution in [0.5, 0.6) is 0 Å². The van der Waals surface area contributed by atoms with Crippen LogP contribution < -0.4 is 5.32 Å². The van der Waals surface area contributed by atoms with Gasteiger partial charge in [0.15, 0.2) is 0 Å². The summed E-state index contributed by atoms with van der Waals surface area (Å²) >= 11 is 0. The quantitative estimate of drug-likeness (QED) is 0.232. The topological polar surface area (TPSA) is 78.8 Å². The molecule has 1 unspecified atom stereocenters. The molecule has 0 amide bonds. The molecule has 82 valence electrons. The average molecular weight is 203 g/mol. The third kappa shape index (κ3) is 5.69. The lowest BCUT2D eigenvalue weighted by molar-refractivity contribution is -0.139. The molecule has 5 heteroatoms. The van der Waals surface area contributed by atoms with Gasteiger partial charge in [0.2, 0.25) is 0 Å². The predicted molar refractivity (Wildman–Crippen MR) is 51.5 cm³/mol. The second kappa shape index (κ2) is 5.74. The number of aliphatic hydroxyl groups is 2.